The molecule has 2 N–H and O–H groups in total. The Hall–Kier alpha value is -1.61. The van der Waals surface area contributed by atoms with Crippen LogP contribution in [0.3, 0.4) is 0 Å². The summed E-state index contributed by atoms with van der Waals surface area (Å²) in [5.74, 6) is 0.899. The lowest BCUT2D eigenvalue weighted by atomic mass is 10.1. The molecule has 6 nitrogen and oxygen atoms in total. The minimum absolute atomic E-state index is 0. The first-order chi connectivity index (χ1) is 13.7. The quantitative estimate of drug-likeness (QED) is 0.194. The number of halogens is 1. The van der Waals surface area contributed by atoms with Crippen molar-refractivity contribution in [2.24, 2.45) is 4.99 Å². The molecule has 0 aliphatic rings. The number of unbranched alkanes of at least 4 members (excludes halogenated alkanes) is 1. The van der Waals surface area contributed by atoms with E-state index < -0.39 is 0 Å². The number of hydrogen-bond acceptors (Lipinski definition) is 3. The zero-order valence-electron chi connectivity index (χ0n) is 18.0. The van der Waals surface area contributed by atoms with Gasteiger partial charge in [0.1, 0.15) is 0 Å². The number of ether oxygens (including phenoxy) is 1. The number of para-hydroxylation sites is 1. The molecule has 0 fully saturated rings. The highest BCUT2D eigenvalue weighted by Gasteiger charge is 2.06. The van der Waals surface area contributed by atoms with Crippen molar-refractivity contribution in [3.63, 3.8) is 0 Å². The van der Waals surface area contributed by atoms with Gasteiger partial charge in [-0.2, -0.15) is 5.10 Å². The predicted octanol–water partition coefficient (Wildman–Crippen LogP) is 4.10. The SMILES string of the molecule is CCNC(=NCCCc1cn(-c2ccccc2)nc1C)NCCCCOCC.I. The maximum absolute atomic E-state index is 5.37. The average molecular weight is 513 g/mol. The van der Waals surface area contributed by atoms with Crippen molar-refractivity contribution in [2.75, 3.05) is 32.8 Å². The molecule has 7 heteroatoms. The van der Waals surface area contributed by atoms with E-state index in [1.165, 1.54) is 5.56 Å². The number of aromatic nitrogens is 2. The summed E-state index contributed by atoms with van der Waals surface area (Å²) >= 11 is 0. The van der Waals surface area contributed by atoms with Crippen molar-refractivity contribution in [3.05, 3.63) is 47.8 Å². The number of nitrogens with one attached hydrogen (secondary N) is 2. The Balaban J connectivity index is 0.00000420. The molecule has 1 aromatic heterocycles. The Morgan fingerprint density at radius 1 is 1.10 bits per heavy atom. The highest BCUT2D eigenvalue weighted by molar-refractivity contribution is 14.0. The fourth-order valence-electron chi connectivity index (χ4n) is 2.94. The number of aryl methyl sites for hydroxylation is 2. The lowest BCUT2D eigenvalue weighted by molar-refractivity contribution is 0.143. The van der Waals surface area contributed by atoms with Gasteiger partial charge in [-0.05, 0) is 64.2 Å². The van der Waals surface area contributed by atoms with Gasteiger partial charge in [-0.15, -0.1) is 24.0 Å². The maximum Gasteiger partial charge on any atom is 0.191 e. The van der Waals surface area contributed by atoms with Gasteiger partial charge in [0.2, 0.25) is 0 Å². The van der Waals surface area contributed by atoms with Crippen LogP contribution in [0.5, 0.6) is 0 Å². The van der Waals surface area contributed by atoms with Gasteiger partial charge >= 0.3 is 0 Å². The second-order valence-electron chi connectivity index (χ2n) is 6.71. The Bertz CT molecular complexity index is 702. The Labute approximate surface area is 192 Å². The van der Waals surface area contributed by atoms with Crippen LogP contribution in [0.1, 0.15) is 44.4 Å². The maximum atomic E-state index is 5.37. The van der Waals surface area contributed by atoms with E-state index in [1.807, 2.05) is 29.8 Å². The lowest BCUT2D eigenvalue weighted by Crippen LogP contribution is -2.38. The van der Waals surface area contributed by atoms with E-state index in [4.69, 9.17) is 9.73 Å². The fraction of sp³-hybridized carbons (Fsp3) is 0.545. The van der Waals surface area contributed by atoms with Gasteiger partial charge in [-0.3, -0.25) is 4.99 Å². The third-order valence-corrected chi connectivity index (χ3v) is 4.45. The monoisotopic (exact) mass is 513 g/mol. The summed E-state index contributed by atoms with van der Waals surface area (Å²) in [6, 6.07) is 10.2. The van der Waals surface area contributed by atoms with Crippen LogP contribution in [0.15, 0.2) is 41.5 Å². The fourth-order valence-corrected chi connectivity index (χ4v) is 2.94. The summed E-state index contributed by atoms with van der Waals surface area (Å²) in [4.78, 5) is 4.69. The van der Waals surface area contributed by atoms with Gasteiger partial charge in [0.05, 0.1) is 11.4 Å². The number of nitrogens with zero attached hydrogens (tertiary/aromatic N) is 3. The van der Waals surface area contributed by atoms with Gasteiger partial charge in [0, 0.05) is 39.0 Å². The minimum atomic E-state index is 0. The first-order valence-corrected chi connectivity index (χ1v) is 10.4. The van der Waals surface area contributed by atoms with E-state index in [2.05, 4.69) is 47.9 Å². The van der Waals surface area contributed by atoms with Gasteiger partial charge in [-0.25, -0.2) is 4.68 Å². The molecule has 0 unspecified atom stereocenters. The number of hydrogen-bond donors (Lipinski definition) is 2. The molecule has 0 aliphatic carbocycles. The van der Waals surface area contributed by atoms with Gasteiger partial charge in [-0.1, -0.05) is 18.2 Å². The molecule has 0 spiro atoms. The lowest BCUT2D eigenvalue weighted by Gasteiger charge is -2.11. The van der Waals surface area contributed by atoms with E-state index in [9.17, 15) is 0 Å². The van der Waals surface area contributed by atoms with Crippen molar-refractivity contribution < 1.29 is 4.74 Å². The second kappa shape index (κ2) is 15.3. The number of rotatable bonds is 12. The topological polar surface area (TPSA) is 63.5 Å². The standard InChI is InChI=1S/C22H35N5O.HI/c1-4-23-22(24-15-9-10-17-28-5-2)25-16-11-12-20-18-27(26-19(20)3)21-13-7-6-8-14-21;/h6-8,13-14,18H,4-5,9-12,15-17H2,1-3H3,(H2,23,24,25);1H. The van der Waals surface area contributed by atoms with E-state index >= 15 is 0 Å². The van der Waals surface area contributed by atoms with Crippen molar-refractivity contribution in [3.8, 4) is 5.69 Å². The zero-order valence-corrected chi connectivity index (χ0v) is 20.3. The van der Waals surface area contributed by atoms with Crippen LogP contribution in [-0.4, -0.2) is 48.6 Å². The van der Waals surface area contributed by atoms with Crippen LogP contribution in [-0.2, 0) is 11.2 Å². The van der Waals surface area contributed by atoms with Crippen molar-refractivity contribution >= 4 is 29.9 Å². The van der Waals surface area contributed by atoms with E-state index in [0.29, 0.717) is 0 Å². The van der Waals surface area contributed by atoms with E-state index in [1.54, 1.807) is 0 Å². The van der Waals surface area contributed by atoms with Crippen LogP contribution in [0.2, 0.25) is 0 Å². The predicted molar refractivity (Wildman–Crippen MR) is 132 cm³/mol. The second-order valence-corrected chi connectivity index (χ2v) is 6.71. The largest absolute Gasteiger partial charge is 0.382 e. The molecule has 162 valence electrons. The third kappa shape index (κ3) is 9.62. The van der Waals surface area contributed by atoms with Crippen LogP contribution >= 0.6 is 24.0 Å². The molecule has 0 saturated heterocycles. The molecular weight excluding hydrogens is 477 g/mol. The summed E-state index contributed by atoms with van der Waals surface area (Å²) in [7, 11) is 0. The molecule has 29 heavy (non-hydrogen) atoms. The Morgan fingerprint density at radius 3 is 2.62 bits per heavy atom. The summed E-state index contributed by atoms with van der Waals surface area (Å²) < 4.78 is 7.33. The van der Waals surface area contributed by atoms with Crippen molar-refractivity contribution in [1.82, 2.24) is 20.4 Å². The van der Waals surface area contributed by atoms with Crippen LogP contribution in [0, 0.1) is 6.92 Å². The van der Waals surface area contributed by atoms with Crippen molar-refractivity contribution in [1.29, 1.82) is 0 Å². The summed E-state index contributed by atoms with van der Waals surface area (Å²) in [6.45, 7) is 10.4. The van der Waals surface area contributed by atoms with E-state index in [-0.39, 0.29) is 24.0 Å². The molecule has 0 atom stereocenters. The van der Waals surface area contributed by atoms with Crippen LogP contribution < -0.4 is 10.6 Å². The van der Waals surface area contributed by atoms with Crippen LogP contribution in [0.4, 0.5) is 0 Å². The van der Waals surface area contributed by atoms with Gasteiger partial charge in [0.25, 0.3) is 0 Å². The average Bonchev–Trinajstić information content (AvgIpc) is 3.09. The zero-order chi connectivity index (χ0) is 20.0. The molecule has 0 saturated carbocycles. The van der Waals surface area contributed by atoms with E-state index in [0.717, 1.165) is 75.9 Å². The molecular formula is C22H36IN5O. The highest BCUT2D eigenvalue weighted by Crippen LogP contribution is 2.13. The van der Waals surface area contributed by atoms with Gasteiger partial charge < -0.3 is 15.4 Å². The highest BCUT2D eigenvalue weighted by atomic mass is 127. The summed E-state index contributed by atoms with van der Waals surface area (Å²) in [5.41, 5.74) is 3.47. The van der Waals surface area contributed by atoms with Gasteiger partial charge in [0.15, 0.2) is 5.96 Å². The normalized spacial score (nSPS) is 11.2. The molecule has 0 aliphatic heterocycles. The summed E-state index contributed by atoms with van der Waals surface area (Å²) in [6.07, 6.45) is 6.28. The van der Waals surface area contributed by atoms with Crippen molar-refractivity contribution in [2.45, 2.75) is 46.5 Å². The molecule has 0 bridgehead atoms. The smallest absolute Gasteiger partial charge is 0.191 e. The molecule has 0 amide bonds. The summed E-state index contributed by atoms with van der Waals surface area (Å²) in [5, 5.41) is 11.4. The molecule has 2 rings (SSSR count). The van der Waals surface area contributed by atoms with Crippen LogP contribution in [0.25, 0.3) is 5.69 Å². The Kier molecular flexibility index (Phi) is 13.4. The minimum Gasteiger partial charge on any atom is -0.382 e. The first-order valence-electron chi connectivity index (χ1n) is 10.4. The third-order valence-electron chi connectivity index (χ3n) is 4.45. The molecule has 1 aromatic carbocycles. The molecule has 0 radical (unpaired) electrons. The number of benzene rings is 1. The number of aliphatic imine (C=N–C) groups is 1. The molecule has 2 aromatic rings. The molecule has 1 heterocycles. The first kappa shape index (κ1) is 25.4. The number of guanidine groups is 1. The Morgan fingerprint density at radius 2 is 1.90 bits per heavy atom.